The molecule has 1 aromatic carbocycles. The predicted molar refractivity (Wildman–Crippen MR) is 68.9 cm³/mol. The van der Waals surface area contributed by atoms with Gasteiger partial charge in [-0.25, -0.2) is 0 Å². The van der Waals surface area contributed by atoms with E-state index in [4.69, 9.17) is 23.2 Å². The molecule has 2 rings (SSSR count). The first kappa shape index (κ1) is 15.8. The van der Waals surface area contributed by atoms with Gasteiger partial charge in [0.05, 0.1) is 11.3 Å². The Kier molecular flexibility index (Phi) is 4.25. The van der Waals surface area contributed by atoms with Crippen LogP contribution in [0.15, 0.2) is 24.3 Å². The van der Waals surface area contributed by atoms with E-state index in [9.17, 15) is 22.0 Å². The molecule has 2 aromatic rings. The quantitative estimate of drug-likeness (QED) is 0.581. The summed E-state index contributed by atoms with van der Waals surface area (Å²) in [6.45, 7) is 0. The first-order valence-electron chi connectivity index (χ1n) is 5.34. The second-order valence-corrected chi connectivity index (χ2v) is 4.66. The molecule has 1 heterocycles. The molecule has 0 unspecified atom stereocenters. The van der Waals surface area contributed by atoms with Gasteiger partial charge in [0, 0.05) is 5.69 Å². The van der Waals surface area contributed by atoms with Gasteiger partial charge in [-0.3, -0.25) is 0 Å². The molecule has 0 fully saturated rings. The van der Waals surface area contributed by atoms with E-state index in [1.54, 1.807) is 0 Å². The number of hydrogen-bond donors (Lipinski definition) is 1. The molecule has 0 radical (unpaired) electrons. The fraction of sp³-hybridized carbons (Fsp3) is 0.0833. The average molecular weight is 343 g/mol. The predicted octanol–water partition coefficient (Wildman–Crippen LogP) is 5.43. The number of nitrogens with one attached hydrogen (secondary N) is 1. The molecule has 0 atom stereocenters. The molecule has 9 heteroatoms. The Hall–Kier alpha value is -1.60. The van der Waals surface area contributed by atoms with Gasteiger partial charge in [-0.1, -0.05) is 29.3 Å². The monoisotopic (exact) mass is 342 g/mol. The van der Waals surface area contributed by atoms with Crippen molar-refractivity contribution >= 4 is 34.6 Å². The minimum atomic E-state index is -4.56. The van der Waals surface area contributed by atoms with E-state index in [0.29, 0.717) is 0 Å². The van der Waals surface area contributed by atoms with Crippen molar-refractivity contribution in [2.24, 2.45) is 0 Å². The van der Waals surface area contributed by atoms with Crippen LogP contribution in [0.1, 0.15) is 5.56 Å². The van der Waals surface area contributed by atoms with Gasteiger partial charge in [-0.15, -0.1) is 0 Å². The van der Waals surface area contributed by atoms with Crippen LogP contribution in [0.25, 0.3) is 0 Å². The molecule has 0 bridgehead atoms. The lowest BCUT2D eigenvalue weighted by Gasteiger charge is -2.13. The van der Waals surface area contributed by atoms with E-state index in [-0.39, 0.29) is 5.69 Å². The second kappa shape index (κ2) is 5.65. The highest BCUT2D eigenvalue weighted by molar-refractivity contribution is 6.39. The zero-order valence-corrected chi connectivity index (χ0v) is 11.4. The lowest BCUT2D eigenvalue weighted by Crippen LogP contribution is -2.06. The highest BCUT2D eigenvalue weighted by Gasteiger charge is 2.30. The van der Waals surface area contributed by atoms with Crippen LogP contribution in [-0.2, 0) is 6.18 Å². The van der Waals surface area contributed by atoms with Crippen molar-refractivity contribution in [2.75, 3.05) is 5.32 Å². The van der Waals surface area contributed by atoms with E-state index in [1.807, 2.05) is 0 Å². The SMILES string of the molecule is Fc1nc(F)c(Cl)c(Nc2cccc(C(F)(F)F)c2)c1Cl. The van der Waals surface area contributed by atoms with Crippen LogP contribution in [-0.4, -0.2) is 4.98 Å². The number of benzene rings is 1. The fourth-order valence-electron chi connectivity index (χ4n) is 1.51. The molecule has 0 spiro atoms. The number of hydrogen-bond acceptors (Lipinski definition) is 2. The topological polar surface area (TPSA) is 24.9 Å². The van der Waals surface area contributed by atoms with E-state index < -0.39 is 39.4 Å². The van der Waals surface area contributed by atoms with Crippen molar-refractivity contribution in [3.8, 4) is 0 Å². The molecule has 0 amide bonds. The Morgan fingerprint density at radius 2 is 1.57 bits per heavy atom. The first-order valence-corrected chi connectivity index (χ1v) is 6.10. The Morgan fingerprint density at radius 1 is 1.00 bits per heavy atom. The number of aromatic nitrogens is 1. The van der Waals surface area contributed by atoms with Gasteiger partial charge >= 0.3 is 6.18 Å². The molecule has 0 saturated carbocycles. The van der Waals surface area contributed by atoms with Gasteiger partial charge in [0.2, 0.25) is 11.9 Å². The lowest BCUT2D eigenvalue weighted by molar-refractivity contribution is -0.137. The van der Waals surface area contributed by atoms with Crippen molar-refractivity contribution < 1.29 is 22.0 Å². The molecule has 1 N–H and O–H groups in total. The van der Waals surface area contributed by atoms with Crippen molar-refractivity contribution in [2.45, 2.75) is 6.18 Å². The van der Waals surface area contributed by atoms with Crippen LogP contribution >= 0.6 is 23.2 Å². The molecular formula is C12H5Cl2F5N2. The largest absolute Gasteiger partial charge is 0.416 e. The van der Waals surface area contributed by atoms with Crippen molar-refractivity contribution in [1.82, 2.24) is 4.98 Å². The number of alkyl halides is 3. The van der Waals surface area contributed by atoms with Crippen LogP contribution in [0.4, 0.5) is 33.3 Å². The van der Waals surface area contributed by atoms with Gasteiger partial charge in [-0.05, 0) is 18.2 Å². The molecule has 2 nitrogen and oxygen atoms in total. The molecular weight excluding hydrogens is 338 g/mol. The summed E-state index contributed by atoms with van der Waals surface area (Å²) in [6, 6.07) is 3.99. The summed E-state index contributed by atoms with van der Waals surface area (Å²) >= 11 is 11.2. The average Bonchev–Trinajstić information content (AvgIpc) is 2.41. The highest BCUT2D eigenvalue weighted by Crippen LogP contribution is 2.37. The normalized spacial score (nSPS) is 11.6. The Bertz CT molecular complexity index is 662. The third-order valence-corrected chi connectivity index (χ3v) is 3.15. The Labute approximate surface area is 125 Å². The van der Waals surface area contributed by atoms with E-state index in [0.717, 1.165) is 18.2 Å². The van der Waals surface area contributed by atoms with Crippen LogP contribution in [0.2, 0.25) is 10.0 Å². The van der Waals surface area contributed by atoms with E-state index in [1.165, 1.54) is 6.07 Å². The summed E-state index contributed by atoms with van der Waals surface area (Å²) in [6.07, 6.45) is -4.56. The number of rotatable bonds is 2. The minimum absolute atomic E-state index is 0.0846. The number of nitrogens with zero attached hydrogens (tertiary/aromatic N) is 1. The van der Waals surface area contributed by atoms with Crippen LogP contribution in [0.3, 0.4) is 0 Å². The van der Waals surface area contributed by atoms with Gasteiger partial charge in [0.25, 0.3) is 0 Å². The van der Waals surface area contributed by atoms with Gasteiger partial charge in [0.1, 0.15) is 10.0 Å². The summed E-state index contributed by atoms with van der Waals surface area (Å²) < 4.78 is 64.2. The summed E-state index contributed by atoms with van der Waals surface area (Å²) in [5.74, 6) is -2.65. The Morgan fingerprint density at radius 3 is 2.10 bits per heavy atom. The second-order valence-electron chi connectivity index (χ2n) is 3.90. The van der Waals surface area contributed by atoms with Crippen LogP contribution < -0.4 is 5.32 Å². The van der Waals surface area contributed by atoms with Gasteiger partial charge in [0.15, 0.2) is 0 Å². The van der Waals surface area contributed by atoms with E-state index in [2.05, 4.69) is 10.3 Å². The molecule has 0 aliphatic carbocycles. The lowest BCUT2D eigenvalue weighted by atomic mass is 10.2. The zero-order chi connectivity index (χ0) is 15.8. The van der Waals surface area contributed by atoms with E-state index >= 15 is 0 Å². The summed E-state index contributed by atoms with van der Waals surface area (Å²) in [4.78, 5) is 2.81. The van der Waals surface area contributed by atoms with Gasteiger partial charge in [-0.2, -0.15) is 26.9 Å². The smallest absolute Gasteiger partial charge is 0.353 e. The molecule has 0 saturated heterocycles. The van der Waals surface area contributed by atoms with Crippen molar-refractivity contribution in [3.05, 3.63) is 51.8 Å². The van der Waals surface area contributed by atoms with Crippen molar-refractivity contribution in [3.63, 3.8) is 0 Å². The Balaban J connectivity index is 2.44. The standard InChI is InChI=1S/C12H5Cl2F5N2/c13-7-9(8(14)11(16)21-10(7)15)20-6-3-1-2-5(4-6)12(17,18)19/h1-4H,(H,20,21). The van der Waals surface area contributed by atoms with Crippen LogP contribution in [0, 0.1) is 11.9 Å². The maximum absolute atomic E-state index is 13.2. The third-order valence-electron chi connectivity index (χ3n) is 2.46. The number of pyridine rings is 1. The number of anilines is 2. The number of halogens is 7. The van der Waals surface area contributed by atoms with Crippen molar-refractivity contribution in [1.29, 1.82) is 0 Å². The minimum Gasteiger partial charge on any atom is -0.353 e. The molecule has 112 valence electrons. The molecule has 1 aromatic heterocycles. The summed E-state index contributed by atoms with van der Waals surface area (Å²) in [5.41, 5.74) is -1.42. The maximum atomic E-state index is 13.2. The third kappa shape index (κ3) is 3.36. The molecule has 0 aliphatic rings. The summed E-state index contributed by atoms with van der Waals surface area (Å²) in [5, 5.41) is 1.10. The van der Waals surface area contributed by atoms with Crippen LogP contribution in [0.5, 0.6) is 0 Å². The van der Waals surface area contributed by atoms with Gasteiger partial charge < -0.3 is 5.32 Å². The first-order chi connectivity index (χ1) is 9.70. The zero-order valence-electron chi connectivity index (χ0n) is 9.90. The molecule has 0 aliphatic heterocycles. The highest BCUT2D eigenvalue weighted by atomic mass is 35.5. The summed E-state index contributed by atoms with van der Waals surface area (Å²) in [7, 11) is 0. The maximum Gasteiger partial charge on any atom is 0.416 e. The fourth-order valence-corrected chi connectivity index (χ4v) is 1.93. The molecule has 21 heavy (non-hydrogen) atoms.